The summed E-state index contributed by atoms with van der Waals surface area (Å²) in [4.78, 5) is 0. The molecule has 0 aliphatic carbocycles. The first-order valence-electron chi connectivity index (χ1n) is 4.97. The number of hydrogen-bond acceptors (Lipinski definition) is 1. The third-order valence-corrected chi connectivity index (χ3v) is 7.05. The van der Waals surface area contributed by atoms with E-state index < -0.39 is 0 Å². The van der Waals surface area contributed by atoms with E-state index in [2.05, 4.69) is 58.4 Å². The molecule has 2 aromatic carbocycles. The molecule has 0 aliphatic heterocycles. The Morgan fingerprint density at radius 3 is 2.25 bits per heavy atom. The van der Waals surface area contributed by atoms with E-state index in [9.17, 15) is 0 Å². The molecule has 0 saturated carbocycles. The Balaban J connectivity index is 2.37. The second kappa shape index (κ2) is 5.65. The van der Waals surface area contributed by atoms with Crippen LogP contribution in [-0.2, 0) is 0 Å². The van der Waals surface area contributed by atoms with Gasteiger partial charge < -0.3 is 4.74 Å². The maximum absolute atomic E-state index is 5.40. The third-order valence-electron chi connectivity index (χ3n) is 2.28. The molecule has 0 amide bonds. The molecule has 0 aliphatic rings. The molecule has 0 aromatic heterocycles. The zero-order valence-electron chi connectivity index (χ0n) is 8.93. The summed E-state index contributed by atoms with van der Waals surface area (Å²) in [6.45, 7) is 0. The van der Waals surface area contributed by atoms with Crippen LogP contribution in [0.15, 0.2) is 54.6 Å². The van der Waals surface area contributed by atoms with Gasteiger partial charge in [0.25, 0.3) is 0 Å². The van der Waals surface area contributed by atoms with Crippen molar-refractivity contribution in [3.8, 4) is 5.75 Å². The summed E-state index contributed by atoms with van der Waals surface area (Å²) in [7, 11) is 1.73. The maximum Gasteiger partial charge on any atom is 0.127 e. The number of methoxy groups -OCH3 is 1. The molecule has 1 nitrogen and oxygen atoms in total. The Morgan fingerprint density at radius 1 is 0.938 bits per heavy atom. The molecular weight excluding hydrogens is 330 g/mol. The van der Waals surface area contributed by atoms with Crippen LogP contribution in [0.4, 0.5) is 0 Å². The molecule has 1 atom stereocenters. The smallest absolute Gasteiger partial charge is 0.127 e. The summed E-state index contributed by atoms with van der Waals surface area (Å²) >= 11 is 2.51. The zero-order valence-corrected chi connectivity index (χ0v) is 12.0. The van der Waals surface area contributed by atoms with E-state index in [0.29, 0.717) is 0 Å². The van der Waals surface area contributed by atoms with Gasteiger partial charge in [-0.25, -0.2) is 0 Å². The first-order chi connectivity index (χ1) is 7.83. The molecule has 0 spiro atoms. The molecule has 0 heterocycles. The number of hydrogen-bond donors (Lipinski definition) is 0. The molecule has 0 saturated heterocycles. The highest BCUT2D eigenvalue weighted by molar-refractivity contribution is 14.2. The van der Waals surface area contributed by atoms with Crippen LogP contribution in [0.3, 0.4) is 0 Å². The topological polar surface area (TPSA) is 9.23 Å². The van der Waals surface area contributed by atoms with Crippen LogP contribution in [0.1, 0.15) is 0 Å². The normalized spacial score (nSPS) is 12.1. The Kier molecular flexibility index (Phi) is 4.19. The van der Waals surface area contributed by atoms with Crippen molar-refractivity contribution >= 4 is 38.2 Å². The van der Waals surface area contributed by atoms with Crippen LogP contribution in [-0.4, -0.2) is 7.11 Å². The lowest BCUT2D eigenvalue weighted by molar-refractivity contribution is 0.418. The van der Waals surface area contributed by atoms with Gasteiger partial charge in [-0.05, 0) is 39.5 Å². The van der Waals surface area contributed by atoms with Crippen molar-refractivity contribution < 1.29 is 4.74 Å². The van der Waals surface area contributed by atoms with Gasteiger partial charge in [-0.15, -0.1) is 0 Å². The fourth-order valence-electron chi connectivity index (χ4n) is 1.49. The highest BCUT2D eigenvalue weighted by Gasteiger charge is 2.13. The minimum absolute atomic E-state index is 0.352. The third kappa shape index (κ3) is 2.55. The van der Waals surface area contributed by atoms with Crippen LogP contribution in [0.2, 0.25) is 0 Å². The molecule has 2 aromatic rings. The SMILES string of the molecule is COc1ccccc1P(I)c1ccccc1. The first-order valence-corrected chi connectivity index (χ1v) is 9.09. The van der Waals surface area contributed by atoms with E-state index in [1.807, 2.05) is 18.2 Å². The van der Waals surface area contributed by atoms with Gasteiger partial charge >= 0.3 is 0 Å². The molecule has 1 unspecified atom stereocenters. The second-order valence-electron chi connectivity index (χ2n) is 3.29. The number of rotatable bonds is 3. The van der Waals surface area contributed by atoms with E-state index in [4.69, 9.17) is 4.74 Å². The molecule has 2 rings (SSSR count). The fourth-order valence-corrected chi connectivity index (χ4v) is 4.94. The van der Waals surface area contributed by atoms with Crippen molar-refractivity contribution in [3.05, 3.63) is 54.6 Å². The molecule has 0 fully saturated rings. The molecule has 16 heavy (non-hydrogen) atoms. The minimum atomic E-state index is -0.352. The van der Waals surface area contributed by atoms with E-state index in [0.717, 1.165) is 5.75 Å². The van der Waals surface area contributed by atoms with Crippen LogP contribution in [0.25, 0.3) is 0 Å². The largest absolute Gasteiger partial charge is 0.496 e. The summed E-state index contributed by atoms with van der Waals surface area (Å²) in [5.41, 5.74) is -0.352. The van der Waals surface area contributed by atoms with E-state index in [-0.39, 0.29) is 5.56 Å². The van der Waals surface area contributed by atoms with Crippen LogP contribution in [0.5, 0.6) is 5.75 Å². The number of benzene rings is 2. The summed E-state index contributed by atoms with van der Waals surface area (Å²) in [6.07, 6.45) is 0. The highest BCUT2D eigenvalue weighted by atomic mass is 127. The lowest BCUT2D eigenvalue weighted by atomic mass is 10.3. The average molecular weight is 342 g/mol. The monoisotopic (exact) mass is 342 g/mol. The number of halogens is 1. The molecule has 0 N–H and O–H groups in total. The van der Waals surface area contributed by atoms with E-state index >= 15 is 0 Å². The average Bonchev–Trinajstić information content (AvgIpc) is 2.39. The lowest BCUT2D eigenvalue weighted by Crippen LogP contribution is -2.09. The number of ether oxygens (including phenoxy) is 1. The van der Waals surface area contributed by atoms with E-state index in [1.54, 1.807) is 7.11 Å². The quantitative estimate of drug-likeness (QED) is 0.613. The maximum atomic E-state index is 5.40. The molecule has 0 bridgehead atoms. The van der Waals surface area contributed by atoms with Crippen molar-refractivity contribution in [2.45, 2.75) is 0 Å². The molecule has 3 heteroatoms. The van der Waals surface area contributed by atoms with Gasteiger partial charge in [0.05, 0.1) is 7.11 Å². The van der Waals surface area contributed by atoms with Gasteiger partial charge in [0.15, 0.2) is 0 Å². The van der Waals surface area contributed by atoms with Gasteiger partial charge in [0.1, 0.15) is 5.75 Å². The molecule has 0 radical (unpaired) electrons. The van der Waals surface area contributed by atoms with Gasteiger partial charge in [0.2, 0.25) is 0 Å². The highest BCUT2D eigenvalue weighted by Crippen LogP contribution is 2.44. The van der Waals surface area contributed by atoms with Crippen molar-refractivity contribution in [3.63, 3.8) is 0 Å². The van der Waals surface area contributed by atoms with Crippen molar-refractivity contribution in [1.82, 2.24) is 0 Å². The van der Waals surface area contributed by atoms with Crippen molar-refractivity contribution in [2.24, 2.45) is 0 Å². The second-order valence-corrected chi connectivity index (χ2v) is 7.74. The summed E-state index contributed by atoms with van der Waals surface area (Å²) in [5.74, 6) is 0.979. The Hall–Kier alpha value is -0.600. The van der Waals surface area contributed by atoms with Gasteiger partial charge in [-0.1, -0.05) is 42.5 Å². The van der Waals surface area contributed by atoms with Crippen LogP contribution < -0.4 is 15.3 Å². The summed E-state index contributed by atoms with van der Waals surface area (Å²) in [6, 6.07) is 18.8. The lowest BCUT2D eigenvalue weighted by Gasteiger charge is -2.14. The van der Waals surface area contributed by atoms with Crippen molar-refractivity contribution in [1.29, 1.82) is 0 Å². The predicted octanol–water partition coefficient (Wildman–Crippen LogP) is 3.48. The first kappa shape index (κ1) is 11.9. The van der Waals surface area contributed by atoms with Crippen LogP contribution >= 0.6 is 27.6 Å². The molecular formula is C13H12IOP. The van der Waals surface area contributed by atoms with Gasteiger partial charge in [0, 0.05) is 10.9 Å². The Labute approximate surface area is 110 Å². The Bertz CT molecular complexity index is 458. The van der Waals surface area contributed by atoms with Gasteiger partial charge in [-0.2, -0.15) is 0 Å². The predicted molar refractivity (Wildman–Crippen MR) is 79.6 cm³/mol. The summed E-state index contributed by atoms with van der Waals surface area (Å²) in [5, 5.41) is 2.65. The minimum Gasteiger partial charge on any atom is -0.496 e. The summed E-state index contributed by atoms with van der Waals surface area (Å²) < 4.78 is 5.40. The Morgan fingerprint density at radius 2 is 1.56 bits per heavy atom. The molecule has 82 valence electrons. The fraction of sp³-hybridized carbons (Fsp3) is 0.0769. The van der Waals surface area contributed by atoms with Crippen molar-refractivity contribution in [2.75, 3.05) is 7.11 Å². The van der Waals surface area contributed by atoms with E-state index in [1.165, 1.54) is 10.6 Å². The number of para-hydroxylation sites is 1. The van der Waals surface area contributed by atoms with Gasteiger partial charge in [-0.3, -0.25) is 0 Å². The zero-order chi connectivity index (χ0) is 11.4. The standard InChI is InChI=1S/C13H12IOP/c1-15-12-9-5-6-10-13(12)16(14)11-7-3-2-4-8-11/h2-10H,1H3. The van der Waals surface area contributed by atoms with Crippen LogP contribution in [0, 0.1) is 0 Å².